The van der Waals surface area contributed by atoms with Gasteiger partial charge < -0.3 is 5.32 Å². The summed E-state index contributed by atoms with van der Waals surface area (Å²) in [5.41, 5.74) is 3.72. The lowest BCUT2D eigenvalue weighted by atomic mass is 10.0. The fraction of sp³-hybridized carbons (Fsp3) is 0.190. The van der Waals surface area contributed by atoms with Gasteiger partial charge in [-0.25, -0.2) is 4.68 Å². The number of rotatable bonds is 5. The van der Waals surface area contributed by atoms with E-state index in [-0.39, 0.29) is 6.04 Å². The molecule has 25 heavy (non-hydrogen) atoms. The topological polar surface area (TPSA) is 29.9 Å². The van der Waals surface area contributed by atoms with Gasteiger partial charge >= 0.3 is 0 Å². The van der Waals surface area contributed by atoms with Gasteiger partial charge in [-0.15, -0.1) is 11.3 Å². The summed E-state index contributed by atoms with van der Waals surface area (Å²) in [7, 11) is 0. The quantitative estimate of drug-likeness (QED) is 0.517. The highest BCUT2D eigenvalue weighted by Crippen LogP contribution is 2.31. The minimum absolute atomic E-state index is 0.254. The maximum Gasteiger partial charge on any atom is 0.0648 e. The largest absolute Gasteiger partial charge is 0.304 e. The Morgan fingerprint density at radius 3 is 2.72 bits per heavy atom. The summed E-state index contributed by atoms with van der Waals surface area (Å²) in [6.45, 7) is 4.45. The van der Waals surface area contributed by atoms with Gasteiger partial charge in [0.25, 0.3) is 0 Å². The summed E-state index contributed by atoms with van der Waals surface area (Å²) in [4.78, 5) is 0. The molecule has 0 saturated carbocycles. The minimum atomic E-state index is 0.254. The third-order valence-corrected chi connectivity index (χ3v) is 5.60. The third kappa shape index (κ3) is 3.23. The molecular weight excluding hydrogens is 326 g/mol. The van der Waals surface area contributed by atoms with Crippen LogP contribution < -0.4 is 5.32 Å². The van der Waals surface area contributed by atoms with Crippen LogP contribution >= 0.6 is 11.3 Å². The van der Waals surface area contributed by atoms with Crippen LogP contribution in [0.2, 0.25) is 0 Å². The molecule has 3 nitrogen and oxygen atoms in total. The van der Waals surface area contributed by atoms with E-state index in [1.165, 1.54) is 21.2 Å². The van der Waals surface area contributed by atoms with Gasteiger partial charge in [0, 0.05) is 29.2 Å². The number of thiophene rings is 1. The van der Waals surface area contributed by atoms with E-state index in [9.17, 15) is 0 Å². The van der Waals surface area contributed by atoms with Crippen molar-refractivity contribution in [1.82, 2.24) is 15.1 Å². The maximum atomic E-state index is 4.32. The molecule has 0 amide bonds. The van der Waals surface area contributed by atoms with Crippen molar-refractivity contribution in [2.75, 3.05) is 0 Å². The van der Waals surface area contributed by atoms with Gasteiger partial charge in [-0.1, -0.05) is 30.3 Å². The fourth-order valence-corrected chi connectivity index (χ4v) is 4.31. The van der Waals surface area contributed by atoms with Gasteiger partial charge in [0.05, 0.1) is 5.69 Å². The van der Waals surface area contributed by atoms with Crippen LogP contribution in [-0.4, -0.2) is 9.78 Å². The van der Waals surface area contributed by atoms with Crippen LogP contribution in [0.5, 0.6) is 0 Å². The van der Waals surface area contributed by atoms with Crippen LogP contribution in [0.4, 0.5) is 0 Å². The Morgan fingerprint density at radius 1 is 1.00 bits per heavy atom. The third-order valence-electron chi connectivity index (χ3n) is 4.62. The highest BCUT2D eigenvalue weighted by atomic mass is 32.1. The molecule has 4 rings (SSSR count). The number of fused-ring (bicyclic) bond motifs is 1. The Hall–Kier alpha value is -2.43. The summed E-state index contributed by atoms with van der Waals surface area (Å²) in [6, 6.07) is 19.6. The highest BCUT2D eigenvalue weighted by molar-refractivity contribution is 7.17. The zero-order valence-electron chi connectivity index (χ0n) is 14.4. The lowest BCUT2D eigenvalue weighted by Gasteiger charge is -2.21. The molecule has 0 spiro atoms. The zero-order chi connectivity index (χ0) is 17.2. The first-order valence-corrected chi connectivity index (χ1v) is 9.42. The Bertz CT molecular complexity index is 972. The Kier molecular flexibility index (Phi) is 4.38. The molecule has 2 aromatic heterocycles. The minimum Gasteiger partial charge on any atom is -0.304 e. The average molecular weight is 347 g/mol. The second kappa shape index (κ2) is 6.82. The average Bonchev–Trinajstić information content (AvgIpc) is 3.31. The summed E-state index contributed by atoms with van der Waals surface area (Å²) in [5.74, 6) is 0. The second-order valence-corrected chi connectivity index (χ2v) is 7.25. The first-order chi connectivity index (χ1) is 12.2. The van der Waals surface area contributed by atoms with Crippen molar-refractivity contribution >= 4 is 21.4 Å². The van der Waals surface area contributed by atoms with Crippen molar-refractivity contribution in [3.63, 3.8) is 0 Å². The van der Waals surface area contributed by atoms with Gasteiger partial charge in [-0.2, -0.15) is 5.10 Å². The molecule has 4 heteroatoms. The van der Waals surface area contributed by atoms with Crippen molar-refractivity contribution in [3.8, 4) is 5.69 Å². The first-order valence-electron chi connectivity index (χ1n) is 8.54. The van der Waals surface area contributed by atoms with E-state index in [1.807, 2.05) is 28.3 Å². The number of hydrogen-bond donors (Lipinski definition) is 1. The normalized spacial score (nSPS) is 13.8. The highest BCUT2D eigenvalue weighted by Gasteiger charge is 2.15. The predicted molar refractivity (Wildman–Crippen MR) is 105 cm³/mol. The Balaban J connectivity index is 1.55. The van der Waals surface area contributed by atoms with Crippen LogP contribution in [0.25, 0.3) is 15.8 Å². The molecule has 0 bridgehead atoms. The van der Waals surface area contributed by atoms with Crippen molar-refractivity contribution in [2.45, 2.75) is 25.9 Å². The molecule has 126 valence electrons. The van der Waals surface area contributed by atoms with E-state index in [0.717, 1.165) is 5.69 Å². The van der Waals surface area contributed by atoms with Gasteiger partial charge in [0.1, 0.15) is 0 Å². The molecule has 2 heterocycles. The number of nitrogens with zero attached hydrogens (tertiary/aromatic N) is 2. The summed E-state index contributed by atoms with van der Waals surface area (Å²) in [5, 5.41) is 11.7. The number of nitrogens with one attached hydrogen (secondary N) is 1. The standard InChI is InChI=1S/C21H21N3S/c1-15(17-7-5-8-18(13-17)24-12-6-11-22-24)23-16(2)20-14-25-21-10-4-3-9-19(20)21/h3-16,23H,1-2H3. The van der Waals surface area contributed by atoms with Crippen LogP contribution in [-0.2, 0) is 0 Å². The molecule has 2 atom stereocenters. The summed E-state index contributed by atoms with van der Waals surface area (Å²) in [6.07, 6.45) is 3.77. The second-order valence-electron chi connectivity index (χ2n) is 6.34. The van der Waals surface area contributed by atoms with Crippen LogP contribution in [0.15, 0.2) is 72.4 Å². The summed E-state index contributed by atoms with van der Waals surface area (Å²) >= 11 is 1.81. The Labute approximate surface area is 151 Å². The van der Waals surface area contributed by atoms with E-state index < -0.39 is 0 Å². The maximum absolute atomic E-state index is 4.32. The smallest absolute Gasteiger partial charge is 0.0648 e. The van der Waals surface area contributed by atoms with Crippen molar-refractivity contribution in [2.24, 2.45) is 0 Å². The molecule has 0 aliphatic carbocycles. The van der Waals surface area contributed by atoms with Gasteiger partial charge in [0.2, 0.25) is 0 Å². The molecule has 2 aromatic carbocycles. The number of hydrogen-bond acceptors (Lipinski definition) is 3. The molecule has 0 radical (unpaired) electrons. The Morgan fingerprint density at radius 2 is 1.88 bits per heavy atom. The lowest BCUT2D eigenvalue weighted by Crippen LogP contribution is -2.22. The molecular formula is C21H21N3S. The molecule has 1 N–H and O–H groups in total. The van der Waals surface area contributed by atoms with Crippen LogP contribution in [0.1, 0.15) is 37.1 Å². The number of benzene rings is 2. The number of aromatic nitrogens is 2. The SMILES string of the molecule is CC(NC(C)c1csc2ccccc12)c1cccc(-n2cccn2)c1. The van der Waals surface area contributed by atoms with Gasteiger partial charge in [-0.3, -0.25) is 0 Å². The van der Waals surface area contributed by atoms with E-state index in [1.54, 1.807) is 6.20 Å². The fourth-order valence-electron chi connectivity index (χ4n) is 3.25. The van der Waals surface area contributed by atoms with E-state index in [2.05, 4.69) is 78.2 Å². The first kappa shape index (κ1) is 16.1. The summed E-state index contributed by atoms with van der Waals surface area (Å²) < 4.78 is 3.24. The van der Waals surface area contributed by atoms with Gasteiger partial charge in [0.15, 0.2) is 0 Å². The van der Waals surface area contributed by atoms with Crippen LogP contribution in [0, 0.1) is 0 Å². The van der Waals surface area contributed by atoms with Crippen molar-refractivity contribution in [3.05, 3.63) is 83.5 Å². The zero-order valence-corrected chi connectivity index (χ0v) is 15.2. The van der Waals surface area contributed by atoms with E-state index >= 15 is 0 Å². The van der Waals surface area contributed by atoms with Crippen molar-refractivity contribution in [1.29, 1.82) is 0 Å². The predicted octanol–water partition coefficient (Wildman–Crippen LogP) is 5.50. The molecule has 0 fully saturated rings. The monoisotopic (exact) mass is 347 g/mol. The molecule has 2 unspecified atom stereocenters. The van der Waals surface area contributed by atoms with Crippen molar-refractivity contribution < 1.29 is 0 Å². The molecule has 0 saturated heterocycles. The van der Waals surface area contributed by atoms with Crippen LogP contribution in [0.3, 0.4) is 0 Å². The lowest BCUT2D eigenvalue weighted by molar-refractivity contribution is 0.497. The van der Waals surface area contributed by atoms with E-state index in [0.29, 0.717) is 6.04 Å². The molecule has 0 aliphatic rings. The molecule has 4 aromatic rings. The van der Waals surface area contributed by atoms with E-state index in [4.69, 9.17) is 0 Å². The van der Waals surface area contributed by atoms with Gasteiger partial charge in [-0.05, 0) is 60.0 Å². The molecule has 0 aliphatic heterocycles.